The molecule has 0 atom stereocenters. The van der Waals surface area contributed by atoms with Crippen molar-refractivity contribution >= 4 is 21.6 Å². The highest BCUT2D eigenvalue weighted by Gasteiger charge is 2.32. The third-order valence-electron chi connectivity index (χ3n) is 6.29. The zero-order chi connectivity index (χ0) is 19.6. The SMILES string of the molecule is O=C(NC1CCCCC1)c1ccc(N2CCCC2)c(S(=O)(=O)N2CCCC2)c1. The molecule has 1 aromatic carbocycles. The summed E-state index contributed by atoms with van der Waals surface area (Å²) in [5.41, 5.74) is 1.20. The lowest BCUT2D eigenvalue weighted by Gasteiger charge is -2.25. The van der Waals surface area contributed by atoms with E-state index in [1.807, 2.05) is 6.07 Å². The van der Waals surface area contributed by atoms with Gasteiger partial charge in [-0.05, 0) is 56.7 Å². The Kier molecular flexibility index (Phi) is 5.92. The van der Waals surface area contributed by atoms with E-state index in [4.69, 9.17) is 0 Å². The van der Waals surface area contributed by atoms with Crippen molar-refractivity contribution in [3.63, 3.8) is 0 Å². The first-order valence-corrected chi connectivity index (χ1v) is 12.2. The van der Waals surface area contributed by atoms with Gasteiger partial charge in [0, 0.05) is 37.8 Å². The summed E-state index contributed by atoms with van der Waals surface area (Å²) in [5, 5.41) is 3.11. The predicted molar refractivity (Wildman–Crippen MR) is 110 cm³/mol. The van der Waals surface area contributed by atoms with Crippen LogP contribution in [-0.4, -0.2) is 50.9 Å². The van der Waals surface area contributed by atoms with Crippen LogP contribution in [0, 0.1) is 0 Å². The number of sulfonamides is 1. The second-order valence-corrected chi connectivity index (χ2v) is 10.2. The maximum Gasteiger partial charge on any atom is 0.251 e. The molecule has 0 bridgehead atoms. The van der Waals surface area contributed by atoms with Crippen LogP contribution in [0.1, 0.15) is 68.1 Å². The summed E-state index contributed by atoms with van der Waals surface area (Å²) in [4.78, 5) is 15.3. The molecule has 154 valence electrons. The van der Waals surface area contributed by atoms with Gasteiger partial charge in [-0.3, -0.25) is 4.79 Å². The molecule has 0 radical (unpaired) electrons. The molecule has 0 spiro atoms. The molecular weight excluding hydrogens is 374 g/mol. The van der Waals surface area contributed by atoms with Crippen LogP contribution in [0.3, 0.4) is 0 Å². The highest BCUT2D eigenvalue weighted by molar-refractivity contribution is 7.89. The second kappa shape index (κ2) is 8.41. The fourth-order valence-corrected chi connectivity index (χ4v) is 6.42. The van der Waals surface area contributed by atoms with E-state index in [0.29, 0.717) is 23.5 Å². The van der Waals surface area contributed by atoms with Crippen LogP contribution in [0.15, 0.2) is 23.1 Å². The largest absolute Gasteiger partial charge is 0.370 e. The van der Waals surface area contributed by atoms with Crippen molar-refractivity contribution in [2.24, 2.45) is 0 Å². The van der Waals surface area contributed by atoms with Crippen LogP contribution >= 0.6 is 0 Å². The Morgan fingerprint density at radius 2 is 1.54 bits per heavy atom. The number of nitrogens with one attached hydrogen (secondary N) is 1. The first kappa shape index (κ1) is 19.7. The van der Waals surface area contributed by atoms with Gasteiger partial charge in [0.1, 0.15) is 4.90 Å². The van der Waals surface area contributed by atoms with Gasteiger partial charge < -0.3 is 10.2 Å². The van der Waals surface area contributed by atoms with E-state index < -0.39 is 10.0 Å². The van der Waals surface area contributed by atoms with Crippen LogP contribution in [0.25, 0.3) is 0 Å². The molecule has 1 amide bonds. The molecule has 2 heterocycles. The van der Waals surface area contributed by atoms with Crippen molar-refractivity contribution in [1.29, 1.82) is 0 Å². The summed E-state index contributed by atoms with van der Waals surface area (Å²) in [6.45, 7) is 2.88. The van der Waals surface area contributed by atoms with Crippen molar-refractivity contribution in [2.45, 2.75) is 68.7 Å². The summed E-state index contributed by atoms with van der Waals surface area (Å²) >= 11 is 0. The molecule has 4 rings (SSSR count). The van der Waals surface area contributed by atoms with Crippen molar-refractivity contribution in [2.75, 3.05) is 31.1 Å². The summed E-state index contributed by atoms with van der Waals surface area (Å²) in [7, 11) is -3.58. The van der Waals surface area contributed by atoms with E-state index in [1.165, 1.54) is 6.42 Å². The standard InChI is InChI=1S/C21H31N3O3S/c25-21(22-18-8-2-1-3-9-18)17-10-11-19(23-12-4-5-13-23)20(16-17)28(26,27)24-14-6-7-15-24/h10-11,16,18H,1-9,12-15H2,(H,22,25). The number of carbonyl (C=O) groups is 1. The fraction of sp³-hybridized carbons (Fsp3) is 0.667. The number of hydrogen-bond acceptors (Lipinski definition) is 4. The molecule has 3 aliphatic rings. The molecule has 7 heteroatoms. The van der Waals surface area contributed by atoms with Crippen molar-refractivity contribution in [3.05, 3.63) is 23.8 Å². The number of anilines is 1. The van der Waals surface area contributed by atoms with Gasteiger partial charge in [-0.2, -0.15) is 4.31 Å². The fourth-order valence-electron chi connectivity index (χ4n) is 4.66. The average molecular weight is 406 g/mol. The first-order valence-electron chi connectivity index (χ1n) is 10.8. The minimum atomic E-state index is -3.58. The van der Waals surface area contributed by atoms with Crippen LogP contribution < -0.4 is 10.2 Å². The van der Waals surface area contributed by atoms with Crippen LogP contribution in [0.2, 0.25) is 0 Å². The van der Waals surface area contributed by atoms with Gasteiger partial charge in [0.05, 0.1) is 5.69 Å². The molecule has 28 heavy (non-hydrogen) atoms. The highest BCUT2D eigenvalue weighted by atomic mass is 32.2. The average Bonchev–Trinajstić information content (AvgIpc) is 3.42. The third kappa shape index (κ3) is 4.06. The van der Waals surface area contributed by atoms with Gasteiger partial charge in [-0.15, -0.1) is 0 Å². The van der Waals surface area contributed by atoms with E-state index in [2.05, 4.69) is 10.2 Å². The number of rotatable bonds is 5. The topological polar surface area (TPSA) is 69.7 Å². The molecule has 3 fully saturated rings. The van der Waals surface area contributed by atoms with Crippen molar-refractivity contribution < 1.29 is 13.2 Å². The molecule has 6 nitrogen and oxygen atoms in total. The Balaban J connectivity index is 1.64. The van der Waals surface area contributed by atoms with Gasteiger partial charge in [-0.25, -0.2) is 8.42 Å². The Morgan fingerprint density at radius 1 is 0.893 bits per heavy atom. The molecular formula is C21H31N3O3S. The maximum atomic E-state index is 13.3. The highest BCUT2D eigenvalue weighted by Crippen LogP contribution is 2.33. The zero-order valence-electron chi connectivity index (χ0n) is 16.5. The lowest BCUT2D eigenvalue weighted by molar-refractivity contribution is 0.0927. The molecule has 1 aliphatic carbocycles. The normalized spacial score (nSPS) is 21.9. The third-order valence-corrected chi connectivity index (χ3v) is 8.22. The molecule has 1 N–H and O–H groups in total. The van der Waals surface area contributed by atoms with Gasteiger partial charge >= 0.3 is 0 Å². The van der Waals surface area contributed by atoms with E-state index >= 15 is 0 Å². The van der Waals surface area contributed by atoms with Crippen LogP contribution in [-0.2, 0) is 10.0 Å². The minimum absolute atomic E-state index is 0.155. The summed E-state index contributed by atoms with van der Waals surface area (Å²) in [5.74, 6) is -0.155. The second-order valence-electron chi connectivity index (χ2n) is 8.30. The zero-order valence-corrected chi connectivity index (χ0v) is 17.3. The molecule has 2 saturated heterocycles. The number of amides is 1. The minimum Gasteiger partial charge on any atom is -0.370 e. The monoisotopic (exact) mass is 405 g/mol. The van der Waals surface area contributed by atoms with Gasteiger partial charge in [0.2, 0.25) is 10.0 Å². The Morgan fingerprint density at radius 3 is 2.21 bits per heavy atom. The van der Waals surface area contributed by atoms with Gasteiger partial charge in [0.25, 0.3) is 5.91 Å². The molecule has 0 unspecified atom stereocenters. The number of nitrogens with zero attached hydrogens (tertiary/aromatic N) is 2. The Hall–Kier alpha value is -1.60. The van der Waals surface area contributed by atoms with E-state index in [0.717, 1.165) is 70.1 Å². The summed E-state index contributed by atoms with van der Waals surface area (Å²) < 4.78 is 28.3. The quantitative estimate of drug-likeness (QED) is 0.817. The van der Waals surface area contributed by atoms with Crippen molar-refractivity contribution in [3.8, 4) is 0 Å². The van der Waals surface area contributed by atoms with E-state index in [1.54, 1.807) is 16.4 Å². The Labute approximate surface area is 168 Å². The maximum absolute atomic E-state index is 13.3. The number of hydrogen-bond donors (Lipinski definition) is 1. The molecule has 2 aliphatic heterocycles. The van der Waals surface area contributed by atoms with Crippen LogP contribution in [0.5, 0.6) is 0 Å². The van der Waals surface area contributed by atoms with E-state index in [9.17, 15) is 13.2 Å². The summed E-state index contributed by atoms with van der Waals surface area (Å²) in [6.07, 6.45) is 9.50. The number of benzene rings is 1. The lowest BCUT2D eigenvalue weighted by atomic mass is 9.95. The number of carbonyl (C=O) groups excluding carboxylic acids is 1. The smallest absolute Gasteiger partial charge is 0.251 e. The molecule has 0 aromatic heterocycles. The Bertz CT molecular complexity index is 806. The van der Waals surface area contributed by atoms with Crippen LogP contribution in [0.4, 0.5) is 5.69 Å². The lowest BCUT2D eigenvalue weighted by Crippen LogP contribution is -2.36. The van der Waals surface area contributed by atoms with Crippen molar-refractivity contribution in [1.82, 2.24) is 9.62 Å². The predicted octanol–water partition coefficient (Wildman–Crippen LogP) is 3.13. The van der Waals surface area contributed by atoms with Gasteiger partial charge in [-0.1, -0.05) is 19.3 Å². The molecule has 1 saturated carbocycles. The first-order chi connectivity index (χ1) is 13.6. The summed E-state index contributed by atoms with van der Waals surface area (Å²) in [6, 6.07) is 5.44. The van der Waals surface area contributed by atoms with Gasteiger partial charge in [0.15, 0.2) is 0 Å². The molecule has 1 aromatic rings. The van der Waals surface area contributed by atoms with E-state index in [-0.39, 0.29) is 11.9 Å².